The van der Waals surface area contributed by atoms with Gasteiger partial charge in [-0.1, -0.05) is 12.1 Å². The van der Waals surface area contributed by atoms with Gasteiger partial charge in [0.1, 0.15) is 0 Å². The van der Waals surface area contributed by atoms with Crippen molar-refractivity contribution in [3.8, 4) is 0 Å². The van der Waals surface area contributed by atoms with E-state index in [9.17, 15) is 27.6 Å². The molecule has 0 bridgehead atoms. The molecule has 1 aromatic rings. The van der Waals surface area contributed by atoms with Crippen LogP contribution >= 0.6 is 0 Å². The summed E-state index contributed by atoms with van der Waals surface area (Å²) in [5.41, 5.74) is -0.436. The highest BCUT2D eigenvalue weighted by Gasteiger charge is 2.40. The second-order valence-corrected chi connectivity index (χ2v) is 6.98. The predicted molar refractivity (Wildman–Crippen MR) is 87.3 cm³/mol. The Kier molecular flexibility index (Phi) is 5.12. The van der Waals surface area contributed by atoms with Crippen molar-refractivity contribution in [1.82, 2.24) is 9.80 Å². The van der Waals surface area contributed by atoms with E-state index in [2.05, 4.69) is 0 Å². The van der Waals surface area contributed by atoms with Crippen LogP contribution in [0.25, 0.3) is 0 Å². The molecule has 2 fully saturated rings. The number of benzene rings is 1. The summed E-state index contributed by atoms with van der Waals surface area (Å²) < 4.78 is 38.4. The van der Waals surface area contributed by atoms with Crippen molar-refractivity contribution in [3.63, 3.8) is 0 Å². The topological polar surface area (TPSA) is 77.9 Å². The lowest BCUT2D eigenvalue weighted by Gasteiger charge is -2.21. The molecule has 146 valence electrons. The average Bonchev–Trinajstić information content (AvgIpc) is 3.22. The van der Waals surface area contributed by atoms with Gasteiger partial charge in [0.05, 0.1) is 17.4 Å². The number of halogens is 3. The van der Waals surface area contributed by atoms with Crippen LogP contribution in [0.1, 0.15) is 24.0 Å². The Labute approximate surface area is 153 Å². The van der Waals surface area contributed by atoms with Crippen LogP contribution in [0, 0.1) is 11.8 Å². The molecule has 6 nitrogen and oxygen atoms in total. The minimum Gasteiger partial charge on any atom is -0.481 e. The lowest BCUT2D eigenvalue weighted by Crippen LogP contribution is -2.36. The summed E-state index contributed by atoms with van der Waals surface area (Å²) in [7, 11) is 0. The molecule has 9 heteroatoms. The van der Waals surface area contributed by atoms with Gasteiger partial charge in [-0.2, -0.15) is 13.2 Å². The highest BCUT2D eigenvalue weighted by molar-refractivity contribution is 5.89. The van der Waals surface area contributed by atoms with Gasteiger partial charge >= 0.3 is 12.1 Å². The van der Waals surface area contributed by atoms with Crippen LogP contribution in [-0.4, -0.2) is 52.3 Å². The van der Waals surface area contributed by atoms with Gasteiger partial charge in [-0.15, -0.1) is 0 Å². The van der Waals surface area contributed by atoms with Gasteiger partial charge in [-0.05, 0) is 24.1 Å². The molecular formula is C18H19F3N2O4. The predicted octanol–water partition coefficient (Wildman–Crippen LogP) is 1.99. The number of nitrogens with zero attached hydrogens (tertiary/aromatic N) is 2. The molecule has 2 aliphatic rings. The highest BCUT2D eigenvalue weighted by atomic mass is 19.4. The molecule has 0 radical (unpaired) electrons. The van der Waals surface area contributed by atoms with E-state index in [-0.39, 0.29) is 37.9 Å². The molecule has 1 aromatic carbocycles. The van der Waals surface area contributed by atoms with Crippen LogP contribution in [0.5, 0.6) is 0 Å². The Morgan fingerprint density at radius 3 is 2.56 bits per heavy atom. The smallest absolute Gasteiger partial charge is 0.416 e. The normalized spacial score (nSPS) is 23.1. The number of likely N-dealkylation sites (tertiary alicyclic amines) is 2. The Hall–Kier alpha value is -2.58. The molecule has 2 aliphatic heterocycles. The third-order valence-electron chi connectivity index (χ3n) is 5.04. The molecule has 2 saturated heterocycles. The zero-order valence-electron chi connectivity index (χ0n) is 14.4. The standard InChI is InChI=1S/C18H19F3N2O4/c19-18(20,21)14-3-1-2-11(6-14)8-23-10-13(7-15(23)24)16(25)22-5-4-12(9-22)17(26)27/h1-3,6,12-13H,4-5,7-10H2,(H,26,27)/t12-,13+/m0/s1. The Morgan fingerprint density at radius 2 is 1.93 bits per heavy atom. The van der Waals surface area contributed by atoms with E-state index < -0.39 is 29.5 Å². The van der Waals surface area contributed by atoms with Gasteiger partial charge in [0.25, 0.3) is 0 Å². The first kappa shape index (κ1) is 19.2. The number of hydrogen-bond donors (Lipinski definition) is 1. The molecule has 0 unspecified atom stereocenters. The van der Waals surface area contributed by atoms with E-state index in [1.165, 1.54) is 21.9 Å². The zero-order chi connectivity index (χ0) is 19.8. The average molecular weight is 384 g/mol. The van der Waals surface area contributed by atoms with Gasteiger partial charge in [-0.3, -0.25) is 14.4 Å². The highest BCUT2D eigenvalue weighted by Crippen LogP contribution is 2.31. The molecule has 3 rings (SSSR count). The van der Waals surface area contributed by atoms with Gasteiger partial charge in [-0.25, -0.2) is 0 Å². The summed E-state index contributed by atoms with van der Waals surface area (Å²) in [4.78, 5) is 38.6. The fourth-order valence-electron chi connectivity index (χ4n) is 3.58. The van der Waals surface area contributed by atoms with E-state index in [0.29, 0.717) is 18.5 Å². The Bertz CT molecular complexity index is 765. The summed E-state index contributed by atoms with van der Waals surface area (Å²) in [5.74, 6) is -2.68. The maximum Gasteiger partial charge on any atom is 0.416 e. The van der Waals surface area contributed by atoms with Crippen LogP contribution in [0.15, 0.2) is 24.3 Å². The molecule has 1 N–H and O–H groups in total. The minimum absolute atomic E-state index is 0.00425. The molecule has 0 saturated carbocycles. The van der Waals surface area contributed by atoms with E-state index in [0.717, 1.165) is 12.1 Å². The molecule has 2 heterocycles. The summed E-state index contributed by atoms with van der Waals surface area (Å²) >= 11 is 0. The maximum atomic E-state index is 12.8. The lowest BCUT2D eigenvalue weighted by molar-refractivity contribution is -0.142. The molecule has 0 spiro atoms. The molecule has 27 heavy (non-hydrogen) atoms. The van der Waals surface area contributed by atoms with Crippen molar-refractivity contribution in [2.45, 2.75) is 25.6 Å². The van der Waals surface area contributed by atoms with E-state index in [1.807, 2.05) is 0 Å². The lowest BCUT2D eigenvalue weighted by atomic mass is 10.1. The van der Waals surface area contributed by atoms with Crippen molar-refractivity contribution in [1.29, 1.82) is 0 Å². The van der Waals surface area contributed by atoms with Crippen LogP contribution in [0.4, 0.5) is 13.2 Å². The van der Waals surface area contributed by atoms with Crippen molar-refractivity contribution in [2.24, 2.45) is 11.8 Å². The Morgan fingerprint density at radius 1 is 1.19 bits per heavy atom. The quantitative estimate of drug-likeness (QED) is 0.861. The second-order valence-electron chi connectivity index (χ2n) is 6.98. The van der Waals surface area contributed by atoms with Crippen molar-refractivity contribution >= 4 is 17.8 Å². The molecular weight excluding hydrogens is 365 g/mol. The van der Waals surface area contributed by atoms with E-state index >= 15 is 0 Å². The number of amides is 2. The van der Waals surface area contributed by atoms with Crippen LogP contribution in [-0.2, 0) is 27.1 Å². The SMILES string of the molecule is O=C(O)[C@H]1CCN(C(=O)[C@@H]2CC(=O)N(Cc3cccc(C(F)(F)F)c3)C2)C1. The van der Waals surface area contributed by atoms with Crippen molar-refractivity contribution < 1.29 is 32.7 Å². The fourth-order valence-corrected chi connectivity index (χ4v) is 3.58. The Balaban J connectivity index is 1.63. The molecule has 2 atom stereocenters. The summed E-state index contributed by atoms with van der Waals surface area (Å²) in [5, 5.41) is 9.03. The number of carbonyl (C=O) groups is 3. The van der Waals surface area contributed by atoms with Crippen LogP contribution in [0.2, 0.25) is 0 Å². The third kappa shape index (κ3) is 4.23. The van der Waals surface area contributed by atoms with Gasteiger partial charge < -0.3 is 14.9 Å². The largest absolute Gasteiger partial charge is 0.481 e. The summed E-state index contributed by atoms with van der Waals surface area (Å²) in [6.45, 7) is 0.604. The summed E-state index contributed by atoms with van der Waals surface area (Å²) in [6.07, 6.45) is -4.08. The second kappa shape index (κ2) is 7.21. The number of carbonyl (C=O) groups excluding carboxylic acids is 2. The number of rotatable bonds is 4. The van der Waals surface area contributed by atoms with Gasteiger partial charge in [0, 0.05) is 32.6 Å². The minimum atomic E-state index is -4.46. The van der Waals surface area contributed by atoms with Gasteiger partial charge in [0.15, 0.2) is 0 Å². The maximum absolute atomic E-state index is 12.8. The monoisotopic (exact) mass is 384 g/mol. The number of alkyl halides is 3. The third-order valence-corrected chi connectivity index (χ3v) is 5.04. The molecule has 0 aromatic heterocycles. The number of carboxylic acids is 1. The molecule has 2 amide bonds. The zero-order valence-corrected chi connectivity index (χ0v) is 14.4. The first-order chi connectivity index (χ1) is 12.6. The first-order valence-corrected chi connectivity index (χ1v) is 8.60. The van der Waals surface area contributed by atoms with Crippen molar-refractivity contribution in [3.05, 3.63) is 35.4 Å². The van der Waals surface area contributed by atoms with Crippen LogP contribution < -0.4 is 0 Å². The number of carboxylic acid groups (broad SMARTS) is 1. The number of aliphatic carboxylic acids is 1. The fraction of sp³-hybridized carbons (Fsp3) is 0.500. The van der Waals surface area contributed by atoms with Crippen LogP contribution in [0.3, 0.4) is 0 Å². The van der Waals surface area contributed by atoms with Gasteiger partial charge in [0.2, 0.25) is 11.8 Å². The van der Waals surface area contributed by atoms with E-state index in [4.69, 9.17) is 5.11 Å². The van der Waals surface area contributed by atoms with Crippen molar-refractivity contribution in [2.75, 3.05) is 19.6 Å². The summed E-state index contributed by atoms with van der Waals surface area (Å²) in [6, 6.07) is 4.77. The van der Waals surface area contributed by atoms with E-state index in [1.54, 1.807) is 0 Å². The number of hydrogen-bond acceptors (Lipinski definition) is 3. The first-order valence-electron chi connectivity index (χ1n) is 8.60. The molecule has 0 aliphatic carbocycles.